The molecule has 2 atom stereocenters. The van der Waals surface area contributed by atoms with Gasteiger partial charge in [-0.2, -0.15) is 0 Å². The molecule has 2 amide bonds. The Balaban J connectivity index is 1.47. The van der Waals surface area contributed by atoms with E-state index in [-0.39, 0.29) is 23.8 Å². The molecule has 1 saturated heterocycles. The Morgan fingerprint density at radius 3 is 2.56 bits per heavy atom. The molecule has 1 aromatic rings. The molecule has 1 heterocycles. The van der Waals surface area contributed by atoms with E-state index in [0.29, 0.717) is 19.5 Å². The van der Waals surface area contributed by atoms with Crippen LogP contribution in [0, 0.1) is 5.92 Å². The minimum Gasteiger partial charge on any atom is -0.388 e. The van der Waals surface area contributed by atoms with Gasteiger partial charge in [0.05, 0.1) is 6.10 Å². The zero-order valence-corrected chi connectivity index (χ0v) is 14.7. The van der Waals surface area contributed by atoms with E-state index >= 15 is 0 Å². The number of benzene rings is 1. The van der Waals surface area contributed by atoms with Crippen LogP contribution in [0.5, 0.6) is 0 Å². The molecule has 2 N–H and O–H groups in total. The number of aliphatic hydroxyl groups is 1. The molecule has 3 rings (SSSR count). The summed E-state index contributed by atoms with van der Waals surface area (Å²) in [7, 11) is 0. The summed E-state index contributed by atoms with van der Waals surface area (Å²) < 4.78 is 0. The maximum atomic E-state index is 12.6. The zero-order valence-electron chi connectivity index (χ0n) is 14.7. The Labute approximate surface area is 149 Å². The normalized spacial score (nSPS) is 22.1. The number of carbonyl (C=O) groups excluding carboxylic acids is 2. The van der Waals surface area contributed by atoms with Crippen molar-refractivity contribution in [2.45, 2.75) is 57.1 Å². The maximum Gasteiger partial charge on any atom is 0.242 e. The largest absolute Gasteiger partial charge is 0.388 e. The van der Waals surface area contributed by atoms with Crippen molar-refractivity contribution in [3.63, 3.8) is 0 Å². The molecule has 0 aromatic heterocycles. The minimum atomic E-state index is -0.582. The molecule has 136 valence electrons. The standard InChI is InChI=1S/C20H28N2O3/c23-18(15-7-2-1-3-8-15)12-13-21-19(24)17-11-6-14-22(17)20(25)16-9-4-5-10-16/h1-3,7-8,16-18,23H,4-6,9-14H2,(H,21,24). The van der Waals surface area contributed by atoms with Crippen LogP contribution >= 0.6 is 0 Å². The maximum absolute atomic E-state index is 12.6. The van der Waals surface area contributed by atoms with Crippen molar-refractivity contribution in [2.24, 2.45) is 5.92 Å². The number of hydrogen-bond acceptors (Lipinski definition) is 3. The second-order valence-corrected chi connectivity index (χ2v) is 7.18. The summed E-state index contributed by atoms with van der Waals surface area (Å²) in [6.45, 7) is 1.11. The lowest BCUT2D eigenvalue weighted by Gasteiger charge is -2.26. The molecule has 0 spiro atoms. The summed E-state index contributed by atoms with van der Waals surface area (Å²) in [6, 6.07) is 9.12. The first-order chi connectivity index (χ1) is 12.2. The van der Waals surface area contributed by atoms with E-state index in [1.165, 1.54) is 0 Å². The predicted molar refractivity (Wildman–Crippen MR) is 95.7 cm³/mol. The molecular weight excluding hydrogens is 316 g/mol. The number of amides is 2. The third kappa shape index (κ3) is 4.40. The van der Waals surface area contributed by atoms with Gasteiger partial charge in [-0.25, -0.2) is 0 Å². The summed E-state index contributed by atoms with van der Waals surface area (Å²) >= 11 is 0. The van der Waals surface area contributed by atoms with Gasteiger partial charge in [-0.05, 0) is 37.7 Å². The third-order valence-electron chi connectivity index (χ3n) is 5.44. The fourth-order valence-electron chi connectivity index (χ4n) is 4.00. The Morgan fingerprint density at radius 1 is 1.12 bits per heavy atom. The highest BCUT2D eigenvalue weighted by atomic mass is 16.3. The fraction of sp³-hybridized carbons (Fsp3) is 0.600. The van der Waals surface area contributed by atoms with Gasteiger partial charge in [0, 0.05) is 19.0 Å². The van der Waals surface area contributed by atoms with Gasteiger partial charge in [-0.15, -0.1) is 0 Å². The van der Waals surface area contributed by atoms with Gasteiger partial charge in [-0.1, -0.05) is 43.2 Å². The summed E-state index contributed by atoms with van der Waals surface area (Å²) in [4.78, 5) is 26.9. The lowest BCUT2D eigenvalue weighted by Crippen LogP contribution is -2.47. The molecule has 5 heteroatoms. The SMILES string of the molecule is O=C(NCCC(O)c1ccccc1)C1CCCN1C(=O)C1CCCC1. The predicted octanol–water partition coefficient (Wildman–Crippen LogP) is 2.41. The van der Waals surface area contributed by atoms with Gasteiger partial charge in [0.25, 0.3) is 0 Å². The highest BCUT2D eigenvalue weighted by molar-refractivity contribution is 5.89. The number of carbonyl (C=O) groups is 2. The first-order valence-corrected chi connectivity index (χ1v) is 9.48. The van der Waals surface area contributed by atoms with Crippen molar-refractivity contribution in [3.05, 3.63) is 35.9 Å². The van der Waals surface area contributed by atoms with Gasteiger partial charge < -0.3 is 15.3 Å². The van der Waals surface area contributed by atoms with E-state index < -0.39 is 6.10 Å². The quantitative estimate of drug-likeness (QED) is 0.832. The van der Waals surface area contributed by atoms with Crippen LogP contribution in [0.3, 0.4) is 0 Å². The third-order valence-corrected chi connectivity index (χ3v) is 5.44. The Hall–Kier alpha value is -1.88. The number of nitrogens with zero attached hydrogens (tertiary/aromatic N) is 1. The smallest absolute Gasteiger partial charge is 0.242 e. The highest BCUT2D eigenvalue weighted by Crippen LogP contribution is 2.29. The Bertz CT molecular complexity index is 584. The highest BCUT2D eigenvalue weighted by Gasteiger charge is 2.37. The lowest BCUT2D eigenvalue weighted by atomic mass is 10.1. The number of rotatable bonds is 6. The first kappa shape index (κ1) is 17.9. The topological polar surface area (TPSA) is 69.6 Å². The molecule has 0 bridgehead atoms. The number of nitrogens with one attached hydrogen (secondary N) is 1. The van der Waals surface area contributed by atoms with Crippen LogP contribution in [-0.2, 0) is 9.59 Å². The molecule has 2 fully saturated rings. The number of aliphatic hydroxyl groups excluding tert-OH is 1. The average Bonchev–Trinajstić information content (AvgIpc) is 3.33. The van der Waals surface area contributed by atoms with Gasteiger partial charge in [0.2, 0.25) is 11.8 Å². The van der Waals surface area contributed by atoms with Gasteiger partial charge >= 0.3 is 0 Å². The second kappa shape index (κ2) is 8.48. The minimum absolute atomic E-state index is 0.0795. The molecule has 1 aliphatic carbocycles. The van der Waals surface area contributed by atoms with Crippen molar-refractivity contribution >= 4 is 11.8 Å². The molecule has 1 saturated carbocycles. The van der Waals surface area contributed by atoms with Crippen molar-refractivity contribution in [1.29, 1.82) is 0 Å². The Morgan fingerprint density at radius 2 is 1.84 bits per heavy atom. The van der Waals surface area contributed by atoms with Gasteiger partial charge in [-0.3, -0.25) is 9.59 Å². The van der Waals surface area contributed by atoms with Crippen LogP contribution in [0.4, 0.5) is 0 Å². The molecule has 2 unspecified atom stereocenters. The monoisotopic (exact) mass is 344 g/mol. The van der Waals surface area contributed by atoms with E-state index in [2.05, 4.69) is 5.32 Å². The fourth-order valence-corrected chi connectivity index (χ4v) is 4.00. The van der Waals surface area contributed by atoms with E-state index in [0.717, 1.165) is 44.1 Å². The van der Waals surface area contributed by atoms with E-state index in [1.807, 2.05) is 30.3 Å². The Kier molecular flexibility index (Phi) is 6.08. The van der Waals surface area contributed by atoms with E-state index in [9.17, 15) is 14.7 Å². The van der Waals surface area contributed by atoms with Gasteiger partial charge in [0.1, 0.15) is 6.04 Å². The van der Waals surface area contributed by atoms with Crippen molar-refractivity contribution in [2.75, 3.05) is 13.1 Å². The summed E-state index contributed by atoms with van der Waals surface area (Å²) in [5.74, 6) is 0.205. The molecule has 0 radical (unpaired) electrons. The van der Waals surface area contributed by atoms with Crippen LogP contribution in [0.1, 0.15) is 56.6 Å². The summed E-state index contributed by atoms with van der Waals surface area (Å²) in [5, 5.41) is 13.1. The van der Waals surface area contributed by atoms with Crippen LogP contribution in [0.15, 0.2) is 30.3 Å². The van der Waals surface area contributed by atoms with E-state index in [1.54, 1.807) is 4.90 Å². The molecule has 1 aromatic carbocycles. The van der Waals surface area contributed by atoms with Crippen LogP contribution < -0.4 is 5.32 Å². The molecule has 25 heavy (non-hydrogen) atoms. The van der Waals surface area contributed by atoms with Gasteiger partial charge in [0.15, 0.2) is 0 Å². The number of likely N-dealkylation sites (tertiary alicyclic amines) is 1. The summed E-state index contributed by atoms with van der Waals surface area (Å²) in [6.07, 6.45) is 5.70. The number of hydrogen-bond donors (Lipinski definition) is 2. The molecule has 1 aliphatic heterocycles. The second-order valence-electron chi connectivity index (χ2n) is 7.18. The zero-order chi connectivity index (χ0) is 17.6. The average molecular weight is 344 g/mol. The molecule has 5 nitrogen and oxygen atoms in total. The first-order valence-electron chi connectivity index (χ1n) is 9.48. The molecule has 2 aliphatic rings. The van der Waals surface area contributed by atoms with Crippen LogP contribution in [0.25, 0.3) is 0 Å². The van der Waals surface area contributed by atoms with Crippen molar-refractivity contribution in [3.8, 4) is 0 Å². The molecular formula is C20H28N2O3. The van der Waals surface area contributed by atoms with Crippen LogP contribution in [-0.4, -0.2) is 41.0 Å². The van der Waals surface area contributed by atoms with Crippen molar-refractivity contribution < 1.29 is 14.7 Å². The van der Waals surface area contributed by atoms with Crippen molar-refractivity contribution in [1.82, 2.24) is 10.2 Å². The lowest BCUT2D eigenvalue weighted by molar-refractivity contribution is -0.141. The summed E-state index contributed by atoms with van der Waals surface area (Å²) in [5.41, 5.74) is 0.857. The van der Waals surface area contributed by atoms with E-state index in [4.69, 9.17) is 0 Å². The van der Waals surface area contributed by atoms with Crippen LogP contribution in [0.2, 0.25) is 0 Å².